The molecule has 26 heavy (non-hydrogen) atoms. The van der Waals surface area contributed by atoms with E-state index in [1.165, 1.54) is 19.3 Å². The van der Waals surface area contributed by atoms with Gasteiger partial charge in [-0.15, -0.1) is 0 Å². The number of carbonyl (C=O) groups is 1. The highest BCUT2D eigenvalue weighted by atomic mass is 16.5. The topological polar surface area (TPSA) is 58.8 Å². The second-order valence-corrected chi connectivity index (χ2v) is 8.62. The molecule has 2 aliphatic carbocycles. The van der Waals surface area contributed by atoms with Crippen LogP contribution in [-0.4, -0.2) is 67.2 Å². The van der Waals surface area contributed by atoms with Crippen molar-refractivity contribution in [3.63, 3.8) is 0 Å². The van der Waals surface area contributed by atoms with Gasteiger partial charge < -0.3 is 20.3 Å². The Kier molecular flexibility index (Phi) is 7.35. The van der Waals surface area contributed by atoms with Gasteiger partial charge in [0, 0.05) is 31.6 Å². The van der Waals surface area contributed by atoms with Gasteiger partial charge in [0.05, 0.1) is 12.7 Å². The van der Waals surface area contributed by atoms with E-state index in [1.807, 2.05) is 0 Å². The Morgan fingerprint density at radius 1 is 1.08 bits per heavy atom. The van der Waals surface area contributed by atoms with Gasteiger partial charge in [0.2, 0.25) is 5.91 Å². The summed E-state index contributed by atoms with van der Waals surface area (Å²) in [6.45, 7) is 10.1. The number of rotatable bonds is 7. The van der Waals surface area contributed by atoms with Crippen LogP contribution in [0.15, 0.2) is 0 Å². The van der Waals surface area contributed by atoms with Crippen LogP contribution < -0.4 is 5.73 Å². The molecule has 2 bridgehead atoms. The van der Waals surface area contributed by atoms with Gasteiger partial charge in [0.25, 0.3) is 0 Å². The third-order valence-electron chi connectivity index (χ3n) is 7.17. The maximum absolute atomic E-state index is 13.0. The Morgan fingerprint density at radius 3 is 2.27 bits per heavy atom. The van der Waals surface area contributed by atoms with Crippen molar-refractivity contribution >= 4 is 5.91 Å². The lowest BCUT2D eigenvalue weighted by Crippen LogP contribution is -2.51. The minimum absolute atomic E-state index is 0.227. The lowest BCUT2D eigenvalue weighted by atomic mass is 9.65. The molecule has 0 aromatic heterocycles. The molecular formula is C21H39N3O2. The van der Waals surface area contributed by atoms with Gasteiger partial charge in [0.15, 0.2) is 0 Å². The van der Waals surface area contributed by atoms with Crippen LogP contribution in [-0.2, 0) is 9.53 Å². The summed E-state index contributed by atoms with van der Waals surface area (Å²) in [6.07, 6.45) is 8.11. The van der Waals surface area contributed by atoms with Crippen LogP contribution in [0.2, 0.25) is 0 Å². The van der Waals surface area contributed by atoms with Gasteiger partial charge in [-0.05, 0) is 63.5 Å². The molecule has 0 spiro atoms. The second-order valence-electron chi connectivity index (χ2n) is 8.62. The van der Waals surface area contributed by atoms with Crippen molar-refractivity contribution in [3.8, 4) is 0 Å². The fourth-order valence-electron chi connectivity index (χ4n) is 5.38. The largest absolute Gasteiger partial charge is 0.377 e. The van der Waals surface area contributed by atoms with Crippen LogP contribution in [0.3, 0.4) is 0 Å². The minimum Gasteiger partial charge on any atom is -0.377 e. The third kappa shape index (κ3) is 4.79. The highest BCUT2D eigenvalue weighted by Gasteiger charge is 2.42. The van der Waals surface area contributed by atoms with E-state index in [-0.39, 0.29) is 5.92 Å². The molecular weight excluding hydrogens is 326 g/mol. The van der Waals surface area contributed by atoms with E-state index in [0.29, 0.717) is 29.9 Å². The standard InChI is InChI=1S/C21H39N3O2/c1-3-23(4-2)12-13-26-19-8-10-24(11-9-19)21(25)18-14-16-6-5-7-17(15-18)20(16)22/h16-20H,3-15,22H2,1-2H3. The number of fused-ring (bicyclic) bond motifs is 2. The van der Waals surface area contributed by atoms with Crippen molar-refractivity contribution in [2.24, 2.45) is 23.5 Å². The van der Waals surface area contributed by atoms with Crippen LogP contribution in [0, 0.1) is 17.8 Å². The fourth-order valence-corrected chi connectivity index (χ4v) is 5.38. The Morgan fingerprint density at radius 2 is 1.69 bits per heavy atom. The molecule has 2 N–H and O–H groups in total. The molecule has 5 heteroatoms. The average Bonchev–Trinajstić information content (AvgIpc) is 2.65. The monoisotopic (exact) mass is 365 g/mol. The maximum Gasteiger partial charge on any atom is 0.225 e. The number of nitrogens with zero attached hydrogens (tertiary/aromatic N) is 2. The lowest BCUT2D eigenvalue weighted by molar-refractivity contribution is -0.141. The molecule has 2 atom stereocenters. The van der Waals surface area contributed by atoms with Crippen LogP contribution >= 0.6 is 0 Å². The van der Waals surface area contributed by atoms with Crippen molar-refractivity contribution in [2.75, 3.05) is 39.3 Å². The number of piperidine rings is 1. The molecule has 3 fully saturated rings. The number of carbonyl (C=O) groups excluding carboxylic acids is 1. The Hall–Kier alpha value is -0.650. The highest BCUT2D eigenvalue weighted by molar-refractivity contribution is 5.79. The van der Waals surface area contributed by atoms with E-state index in [1.54, 1.807) is 0 Å². The summed E-state index contributed by atoms with van der Waals surface area (Å²) in [5.74, 6) is 1.79. The summed E-state index contributed by atoms with van der Waals surface area (Å²) in [5, 5.41) is 0. The molecule has 1 amide bonds. The number of ether oxygens (including phenoxy) is 1. The molecule has 1 saturated heterocycles. The van der Waals surface area contributed by atoms with E-state index in [2.05, 4.69) is 23.6 Å². The van der Waals surface area contributed by atoms with E-state index < -0.39 is 0 Å². The van der Waals surface area contributed by atoms with Crippen LogP contribution in [0.1, 0.15) is 58.8 Å². The number of nitrogens with two attached hydrogens (primary N) is 1. The maximum atomic E-state index is 13.0. The highest BCUT2D eigenvalue weighted by Crippen LogP contribution is 2.42. The Balaban J connectivity index is 1.40. The van der Waals surface area contributed by atoms with E-state index in [0.717, 1.165) is 65.0 Å². The molecule has 5 nitrogen and oxygen atoms in total. The van der Waals surface area contributed by atoms with Crippen molar-refractivity contribution in [1.82, 2.24) is 9.80 Å². The number of amides is 1. The fraction of sp³-hybridized carbons (Fsp3) is 0.952. The first-order valence-corrected chi connectivity index (χ1v) is 11.0. The zero-order valence-electron chi connectivity index (χ0n) is 16.9. The molecule has 150 valence electrons. The third-order valence-corrected chi connectivity index (χ3v) is 7.17. The summed E-state index contributed by atoms with van der Waals surface area (Å²) in [4.78, 5) is 17.5. The SMILES string of the molecule is CCN(CC)CCOC1CCN(C(=O)C2CC3CCCC(C2)C3N)CC1. The second kappa shape index (κ2) is 9.52. The molecule has 1 aliphatic heterocycles. The minimum atomic E-state index is 0.227. The van der Waals surface area contributed by atoms with E-state index in [4.69, 9.17) is 10.5 Å². The van der Waals surface area contributed by atoms with Gasteiger partial charge in [-0.2, -0.15) is 0 Å². The number of hydrogen-bond donors (Lipinski definition) is 1. The summed E-state index contributed by atoms with van der Waals surface area (Å²) >= 11 is 0. The molecule has 0 aromatic rings. The van der Waals surface area contributed by atoms with Crippen LogP contribution in [0.5, 0.6) is 0 Å². The van der Waals surface area contributed by atoms with Crippen molar-refractivity contribution < 1.29 is 9.53 Å². The van der Waals surface area contributed by atoms with Crippen LogP contribution in [0.25, 0.3) is 0 Å². The first kappa shape index (κ1) is 20.1. The van der Waals surface area contributed by atoms with Gasteiger partial charge in [-0.1, -0.05) is 20.3 Å². The number of likely N-dealkylation sites (N-methyl/N-ethyl adjacent to an activating group) is 1. The molecule has 3 rings (SSSR count). The van der Waals surface area contributed by atoms with Crippen molar-refractivity contribution in [2.45, 2.75) is 70.9 Å². The van der Waals surface area contributed by atoms with Gasteiger partial charge in [-0.3, -0.25) is 4.79 Å². The number of likely N-dealkylation sites (tertiary alicyclic amines) is 1. The Bertz CT molecular complexity index is 433. The summed E-state index contributed by atoms with van der Waals surface area (Å²) in [7, 11) is 0. The van der Waals surface area contributed by atoms with Crippen LogP contribution in [0.4, 0.5) is 0 Å². The van der Waals surface area contributed by atoms with Crippen molar-refractivity contribution in [3.05, 3.63) is 0 Å². The molecule has 2 unspecified atom stereocenters. The van der Waals surface area contributed by atoms with Gasteiger partial charge in [-0.25, -0.2) is 0 Å². The predicted molar refractivity (Wildman–Crippen MR) is 105 cm³/mol. The Labute approximate surface area is 159 Å². The average molecular weight is 366 g/mol. The van der Waals surface area contributed by atoms with E-state index >= 15 is 0 Å². The summed E-state index contributed by atoms with van der Waals surface area (Å²) in [6, 6.07) is 0.345. The van der Waals surface area contributed by atoms with Gasteiger partial charge in [0.1, 0.15) is 0 Å². The first-order chi connectivity index (χ1) is 12.6. The molecule has 3 aliphatic rings. The predicted octanol–water partition coefficient (Wildman–Crippen LogP) is 2.49. The quantitative estimate of drug-likeness (QED) is 0.753. The first-order valence-electron chi connectivity index (χ1n) is 11.0. The normalized spacial score (nSPS) is 32.8. The zero-order valence-corrected chi connectivity index (χ0v) is 16.9. The molecule has 0 radical (unpaired) electrons. The van der Waals surface area contributed by atoms with Crippen molar-refractivity contribution in [1.29, 1.82) is 0 Å². The summed E-state index contributed by atoms with van der Waals surface area (Å²) in [5.41, 5.74) is 6.39. The molecule has 1 heterocycles. The summed E-state index contributed by atoms with van der Waals surface area (Å²) < 4.78 is 6.07. The lowest BCUT2D eigenvalue weighted by Gasteiger charge is -2.45. The molecule has 0 aromatic carbocycles. The van der Waals surface area contributed by atoms with Gasteiger partial charge >= 0.3 is 0 Å². The number of hydrogen-bond acceptors (Lipinski definition) is 4. The zero-order chi connectivity index (χ0) is 18.5. The molecule has 2 saturated carbocycles. The van der Waals surface area contributed by atoms with E-state index in [9.17, 15) is 4.79 Å². The smallest absolute Gasteiger partial charge is 0.225 e.